The van der Waals surface area contributed by atoms with Crippen molar-refractivity contribution in [3.63, 3.8) is 0 Å². The molecule has 0 saturated carbocycles. The summed E-state index contributed by atoms with van der Waals surface area (Å²) in [6.45, 7) is 4.39. The summed E-state index contributed by atoms with van der Waals surface area (Å²) in [5.74, 6) is 0.625. The average Bonchev–Trinajstić information content (AvgIpc) is 3.27. The first-order chi connectivity index (χ1) is 14.5. The molecule has 1 aliphatic heterocycles. The highest BCUT2D eigenvalue weighted by Gasteiger charge is 2.31. The lowest BCUT2D eigenvalue weighted by atomic mass is 10.1. The quantitative estimate of drug-likeness (QED) is 0.529. The van der Waals surface area contributed by atoms with E-state index in [4.69, 9.17) is 4.74 Å². The van der Waals surface area contributed by atoms with E-state index in [9.17, 15) is 4.79 Å². The average molecular weight is 437 g/mol. The first-order valence-electron chi connectivity index (χ1n) is 9.33. The Morgan fingerprint density at radius 3 is 2.60 bits per heavy atom. The number of rotatable bonds is 5. The van der Waals surface area contributed by atoms with Gasteiger partial charge < -0.3 is 4.74 Å². The van der Waals surface area contributed by atoms with E-state index in [0.29, 0.717) is 21.8 Å². The number of carbonyl (C=O) groups is 1. The lowest BCUT2D eigenvalue weighted by Crippen LogP contribution is -2.23. The number of nitrogens with zero attached hydrogens (tertiary/aromatic N) is 4. The van der Waals surface area contributed by atoms with Crippen LogP contribution in [0.15, 0.2) is 58.4 Å². The van der Waals surface area contributed by atoms with Crippen LogP contribution in [0.4, 0.5) is 5.13 Å². The molecule has 2 aromatic carbocycles. The molecule has 0 aliphatic carbocycles. The summed E-state index contributed by atoms with van der Waals surface area (Å²) in [5, 5.41) is 9.94. The predicted octanol–water partition coefficient (Wildman–Crippen LogP) is 4.97. The molecule has 0 N–H and O–H groups in total. The zero-order valence-electron chi connectivity index (χ0n) is 16.8. The van der Waals surface area contributed by atoms with E-state index < -0.39 is 0 Å². The minimum absolute atomic E-state index is 0.103. The molecule has 1 aliphatic rings. The van der Waals surface area contributed by atoms with Crippen molar-refractivity contribution in [2.24, 2.45) is 4.99 Å². The van der Waals surface area contributed by atoms with Gasteiger partial charge >= 0.3 is 0 Å². The second kappa shape index (κ2) is 8.81. The fourth-order valence-electron chi connectivity index (χ4n) is 2.78. The summed E-state index contributed by atoms with van der Waals surface area (Å²) < 4.78 is 6.04. The fraction of sp³-hybridized carbons (Fsp3) is 0.182. The van der Waals surface area contributed by atoms with Gasteiger partial charge in [0.05, 0.1) is 4.91 Å². The number of ether oxygens (including phenoxy) is 1. The fourth-order valence-corrected chi connectivity index (χ4v) is 4.36. The molecule has 1 aromatic heterocycles. The Bertz CT molecular complexity index is 1140. The molecule has 1 fully saturated rings. The number of amidine groups is 1. The largest absolute Gasteiger partial charge is 0.488 e. The highest BCUT2D eigenvalue weighted by molar-refractivity contribution is 8.18. The van der Waals surface area contributed by atoms with E-state index in [1.54, 1.807) is 7.05 Å². The molecule has 6 nitrogen and oxygen atoms in total. The van der Waals surface area contributed by atoms with E-state index in [-0.39, 0.29) is 5.91 Å². The standard InChI is InChI=1S/C22H20N4O2S2/c1-14-8-10-16(11-9-14)13-28-18-7-5-4-6-17(18)12-19-20(27)26(3)22(30-19)23-21-25-24-15(2)29-21/h4-12H,13H2,1-3H3/b19-12-,23-22+. The summed E-state index contributed by atoms with van der Waals surface area (Å²) in [6, 6.07) is 15.9. The van der Waals surface area contributed by atoms with Crippen LogP contribution < -0.4 is 4.74 Å². The first kappa shape index (κ1) is 20.3. The number of amides is 1. The molecule has 152 valence electrons. The van der Waals surface area contributed by atoms with Gasteiger partial charge in [0.2, 0.25) is 5.13 Å². The lowest BCUT2D eigenvalue weighted by Gasteiger charge is -2.10. The minimum Gasteiger partial charge on any atom is -0.488 e. The van der Waals surface area contributed by atoms with Crippen LogP contribution in [0.1, 0.15) is 21.7 Å². The number of hydrogen-bond acceptors (Lipinski definition) is 7. The molecule has 30 heavy (non-hydrogen) atoms. The summed E-state index contributed by atoms with van der Waals surface area (Å²) in [7, 11) is 1.71. The van der Waals surface area contributed by atoms with Gasteiger partial charge in [0.15, 0.2) is 5.17 Å². The van der Waals surface area contributed by atoms with Crippen molar-refractivity contribution in [1.29, 1.82) is 0 Å². The highest BCUT2D eigenvalue weighted by Crippen LogP contribution is 2.35. The number of aromatic nitrogens is 2. The van der Waals surface area contributed by atoms with Crippen molar-refractivity contribution < 1.29 is 9.53 Å². The monoisotopic (exact) mass is 436 g/mol. The second-order valence-corrected chi connectivity index (χ2v) is 8.95. The molecule has 8 heteroatoms. The van der Waals surface area contributed by atoms with Gasteiger partial charge in [-0.1, -0.05) is 59.4 Å². The van der Waals surface area contributed by atoms with Crippen LogP contribution in [0.5, 0.6) is 5.75 Å². The summed E-state index contributed by atoms with van der Waals surface area (Å²) in [6.07, 6.45) is 1.85. The van der Waals surface area contributed by atoms with Crippen molar-refractivity contribution in [2.45, 2.75) is 20.5 Å². The zero-order chi connectivity index (χ0) is 21.1. The number of hydrogen-bond donors (Lipinski definition) is 0. The molecule has 0 unspecified atom stereocenters. The number of likely N-dealkylation sites (N-methyl/N-ethyl adjacent to an activating group) is 1. The van der Waals surface area contributed by atoms with Gasteiger partial charge in [-0.2, -0.15) is 4.99 Å². The normalized spacial score (nSPS) is 16.6. The number of para-hydroxylation sites is 1. The minimum atomic E-state index is -0.103. The maximum absolute atomic E-state index is 12.7. The highest BCUT2D eigenvalue weighted by atomic mass is 32.2. The van der Waals surface area contributed by atoms with Crippen molar-refractivity contribution >= 4 is 45.4 Å². The van der Waals surface area contributed by atoms with Crippen molar-refractivity contribution in [2.75, 3.05) is 7.05 Å². The second-order valence-electron chi connectivity index (χ2n) is 6.78. The Hall–Kier alpha value is -2.97. The Kier molecular flexibility index (Phi) is 5.96. The van der Waals surface area contributed by atoms with Gasteiger partial charge in [-0.3, -0.25) is 9.69 Å². The summed E-state index contributed by atoms with van der Waals surface area (Å²) in [4.78, 5) is 19.3. The smallest absolute Gasteiger partial charge is 0.266 e. The maximum atomic E-state index is 12.7. The van der Waals surface area contributed by atoms with Gasteiger partial charge in [-0.15, -0.1) is 10.2 Å². The van der Waals surface area contributed by atoms with E-state index >= 15 is 0 Å². The third kappa shape index (κ3) is 4.60. The van der Waals surface area contributed by atoms with E-state index in [1.165, 1.54) is 33.6 Å². The molecule has 0 radical (unpaired) electrons. The number of aliphatic imine (C=N–C) groups is 1. The van der Waals surface area contributed by atoms with Gasteiger partial charge in [0.1, 0.15) is 17.4 Å². The molecular weight excluding hydrogens is 416 g/mol. The third-order valence-electron chi connectivity index (χ3n) is 4.43. The Morgan fingerprint density at radius 1 is 1.10 bits per heavy atom. The van der Waals surface area contributed by atoms with Crippen LogP contribution in [-0.2, 0) is 11.4 Å². The van der Waals surface area contributed by atoms with Gasteiger partial charge in [-0.05, 0) is 43.3 Å². The molecule has 1 saturated heterocycles. The predicted molar refractivity (Wildman–Crippen MR) is 122 cm³/mol. The summed E-state index contributed by atoms with van der Waals surface area (Å²) in [5.41, 5.74) is 3.16. The number of thioether (sulfide) groups is 1. The van der Waals surface area contributed by atoms with E-state index in [0.717, 1.165) is 21.9 Å². The third-order valence-corrected chi connectivity index (χ3v) is 6.22. The van der Waals surface area contributed by atoms with Crippen molar-refractivity contribution in [1.82, 2.24) is 15.1 Å². The number of carbonyl (C=O) groups excluding carboxylic acids is 1. The Balaban J connectivity index is 1.55. The van der Waals surface area contributed by atoms with Crippen LogP contribution in [0.3, 0.4) is 0 Å². The Labute approximate surface area is 183 Å². The van der Waals surface area contributed by atoms with Crippen LogP contribution in [0.2, 0.25) is 0 Å². The molecule has 0 atom stereocenters. The van der Waals surface area contributed by atoms with Gasteiger partial charge in [-0.25, -0.2) is 0 Å². The van der Waals surface area contributed by atoms with Crippen LogP contribution in [0.25, 0.3) is 6.08 Å². The van der Waals surface area contributed by atoms with Crippen LogP contribution in [-0.4, -0.2) is 33.2 Å². The van der Waals surface area contributed by atoms with Crippen LogP contribution >= 0.6 is 23.1 Å². The number of benzene rings is 2. The first-order valence-corrected chi connectivity index (χ1v) is 11.0. The molecule has 2 heterocycles. The van der Waals surface area contributed by atoms with E-state index in [2.05, 4.69) is 46.4 Å². The summed E-state index contributed by atoms with van der Waals surface area (Å²) >= 11 is 2.71. The SMILES string of the molecule is Cc1ccc(COc2ccccc2/C=C2\S/C(=N/c3nnc(C)s3)N(C)C2=O)cc1. The van der Waals surface area contributed by atoms with Crippen LogP contribution in [0, 0.1) is 13.8 Å². The number of aryl methyl sites for hydroxylation is 2. The molecular formula is C22H20N4O2S2. The molecule has 1 amide bonds. The topological polar surface area (TPSA) is 67.7 Å². The molecule has 3 aromatic rings. The maximum Gasteiger partial charge on any atom is 0.266 e. The molecule has 4 rings (SSSR count). The molecule has 0 spiro atoms. The van der Waals surface area contributed by atoms with Gasteiger partial charge in [0, 0.05) is 12.6 Å². The molecule has 0 bridgehead atoms. The van der Waals surface area contributed by atoms with Crippen molar-refractivity contribution in [3.05, 3.63) is 75.1 Å². The lowest BCUT2D eigenvalue weighted by molar-refractivity contribution is -0.121. The zero-order valence-corrected chi connectivity index (χ0v) is 18.5. The van der Waals surface area contributed by atoms with Gasteiger partial charge in [0.25, 0.3) is 5.91 Å². The Morgan fingerprint density at radius 2 is 1.87 bits per heavy atom. The van der Waals surface area contributed by atoms with E-state index in [1.807, 2.05) is 37.3 Å². The van der Waals surface area contributed by atoms with Crippen molar-refractivity contribution in [3.8, 4) is 5.75 Å².